The van der Waals surface area contributed by atoms with E-state index in [4.69, 9.17) is 14.2 Å². The maximum atomic E-state index is 13.6. The predicted octanol–water partition coefficient (Wildman–Crippen LogP) is 4.09. The second-order valence-electron chi connectivity index (χ2n) is 9.54. The molecule has 1 unspecified atom stereocenters. The first kappa shape index (κ1) is 34.0. The molecule has 248 valence electrons. The van der Waals surface area contributed by atoms with Gasteiger partial charge in [0.1, 0.15) is 23.1 Å². The number of anilines is 3. The van der Waals surface area contributed by atoms with Crippen molar-refractivity contribution in [1.82, 2.24) is 25.1 Å². The summed E-state index contributed by atoms with van der Waals surface area (Å²) in [5, 5.41) is 3.93. The summed E-state index contributed by atoms with van der Waals surface area (Å²) in [4.78, 5) is 25.4. The van der Waals surface area contributed by atoms with Gasteiger partial charge in [-0.2, -0.15) is 31.3 Å². The Balaban J connectivity index is 1.80. The topological polar surface area (TPSA) is 157 Å². The molecule has 1 atom stereocenters. The molecular formula is C26H25F6N7O6S. The van der Waals surface area contributed by atoms with Crippen molar-refractivity contribution in [2.24, 2.45) is 0 Å². The summed E-state index contributed by atoms with van der Waals surface area (Å²) >= 11 is 0. The number of hydrogen-bond acceptors (Lipinski definition) is 12. The number of methoxy groups -OCH3 is 3. The summed E-state index contributed by atoms with van der Waals surface area (Å²) in [6.07, 6.45) is -6.61. The van der Waals surface area contributed by atoms with Crippen LogP contribution >= 0.6 is 0 Å². The molecule has 0 aliphatic carbocycles. The average molecular weight is 678 g/mol. The Morgan fingerprint density at radius 1 is 0.978 bits per heavy atom. The number of nitrogens with one attached hydrogen (secondary N) is 3. The molecule has 0 fully saturated rings. The quantitative estimate of drug-likeness (QED) is 0.265. The molecule has 0 bridgehead atoms. The number of sulfonamides is 1. The van der Waals surface area contributed by atoms with Crippen LogP contribution in [0.15, 0.2) is 48.4 Å². The highest BCUT2D eigenvalue weighted by Gasteiger charge is 2.43. The zero-order valence-electron chi connectivity index (χ0n) is 24.2. The van der Waals surface area contributed by atoms with Gasteiger partial charge in [-0.3, -0.25) is 9.80 Å². The molecule has 13 nitrogen and oxygen atoms in total. The van der Waals surface area contributed by atoms with Crippen LogP contribution in [0.4, 0.5) is 43.8 Å². The summed E-state index contributed by atoms with van der Waals surface area (Å²) in [5.74, 6) is -3.76. The smallest absolute Gasteiger partial charge is 0.409 e. The number of hydrazine groups is 1. The molecule has 4 rings (SSSR count). The first-order valence-corrected chi connectivity index (χ1v) is 14.4. The summed E-state index contributed by atoms with van der Waals surface area (Å²) in [5.41, 5.74) is 2.11. The lowest BCUT2D eigenvalue weighted by Crippen LogP contribution is -2.45. The van der Waals surface area contributed by atoms with E-state index in [2.05, 4.69) is 25.7 Å². The van der Waals surface area contributed by atoms with Gasteiger partial charge < -0.3 is 19.5 Å². The molecule has 46 heavy (non-hydrogen) atoms. The van der Waals surface area contributed by atoms with E-state index in [-0.39, 0.29) is 28.6 Å². The molecule has 1 amide bonds. The molecule has 3 aromatic rings. The van der Waals surface area contributed by atoms with E-state index < -0.39 is 51.5 Å². The molecule has 1 aromatic carbocycles. The van der Waals surface area contributed by atoms with Crippen molar-refractivity contribution < 1.29 is 53.8 Å². The van der Waals surface area contributed by atoms with E-state index >= 15 is 0 Å². The lowest BCUT2D eigenvalue weighted by atomic mass is 10.1. The fraction of sp³-hybridized carbons (Fsp3) is 0.308. The number of aromatic nitrogens is 3. The maximum absolute atomic E-state index is 13.6. The predicted molar refractivity (Wildman–Crippen MR) is 151 cm³/mol. The van der Waals surface area contributed by atoms with Gasteiger partial charge in [-0.25, -0.2) is 28.5 Å². The van der Waals surface area contributed by atoms with Gasteiger partial charge in [0.05, 0.1) is 21.3 Å². The minimum absolute atomic E-state index is 0.0146. The Hall–Kier alpha value is -4.85. The van der Waals surface area contributed by atoms with Crippen molar-refractivity contribution >= 4 is 33.4 Å². The van der Waals surface area contributed by atoms with Crippen LogP contribution in [-0.4, -0.2) is 74.8 Å². The summed E-state index contributed by atoms with van der Waals surface area (Å²) < 4.78 is 120. The van der Waals surface area contributed by atoms with E-state index in [1.165, 1.54) is 32.1 Å². The number of pyridine rings is 1. The van der Waals surface area contributed by atoms with Crippen LogP contribution in [-0.2, 0) is 10.0 Å². The number of amides is 1. The average Bonchev–Trinajstić information content (AvgIpc) is 3.37. The third kappa shape index (κ3) is 8.05. The second kappa shape index (κ2) is 12.9. The standard InChI is InChI=1S/C26H25F6N7O6S/c1-13-5-20(26(30,31)32)37-39(13)21-19(11-34-24(36-21)35-15-7-16(43-2)9-17(8-15)44-3)14-6-18(23(45-4)33-10-14)22(40)38-46(41,42)12-25(27,28)29/h5-11,20,37H,12H2,1-4H3,(H,38,40)(H,34,35,36). The van der Waals surface area contributed by atoms with Crippen molar-refractivity contribution in [2.45, 2.75) is 25.3 Å². The van der Waals surface area contributed by atoms with Crippen molar-refractivity contribution in [3.63, 3.8) is 0 Å². The second-order valence-corrected chi connectivity index (χ2v) is 11.3. The lowest BCUT2D eigenvalue weighted by Gasteiger charge is -2.25. The van der Waals surface area contributed by atoms with Crippen molar-refractivity contribution in [3.8, 4) is 28.5 Å². The van der Waals surface area contributed by atoms with E-state index in [0.717, 1.165) is 30.5 Å². The first-order valence-electron chi connectivity index (χ1n) is 12.8. The molecule has 0 saturated heterocycles. The van der Waals surface area contributed by atoms with E-state index in [1.807, 2.05) is 0 Å². The van der Waals surface area contributed by atoms with Crippen LogP contribution in [0.3, 0.4) is 0 Å². The number of ether oxygens (including phenoxy) is 3. The monoisotopic (exact) mass is 677 g/mol. The van der Waals surface area contributed by atoms with Gasteiger partial charge in [0.2, 0.25) is 21.9 Å². The number of carbonyl (C=O) groups is 1. The fourth-order valence-electron chi connectivity index (χ4n) is 4.18. The number of hydrogen-bond donors (Lipinski definition) is 3. The number of rotatable bonds is 10. The number of halogens is 6. The summed E-state index contributed by atoms with van der Waals surface area (Å²) in [7, 11) is -1.25. The maximum Gasteiger partial charge on any atom is 0.409 e. The molecule has 0 saturated carbocycles. The number of allylic oxidation sites excluding steroid dienone is 1. The largest absolute Gasteiger partial charge is 0.497 e. The van der Waals surface area contributed by atoms with Crippen molar-refractivity contribution in [3.05, 3.63) is 54.0 Å². The Bertz CT molecular complexity index is 1750. The van der Waals surface area contributed by atoms with Crippen LogP contribution < -0.4 is 34.7 Å². The highest BCUT2D eigenvalue weighted by atomic mass is 32.2. The zero-order chi connectivity index (χ0) is 34.0. The zero-order valence-corrected chi connectivity index (χ0v) is 25.1. The molecule has 20 heteroatoms. The Labute approximate surface area is 257 Å². The highest BCUT2D eigenvalue weighted by molar-refractivity contribution is 7.90. The lowest BCUT2D eigenvalue weighted by molar-refractivity contribution is -0.142. The molecule has 0 spiro atoms. The Kier molecular flexibility index (Phi) is 9.52. The van der Waals surface area contributed by atoms with Crippen LogP contribution in [0.5, 0.6) is 17.4 Å². The van der Waals surface area contributed by atoms with Crippen LogP contribution in [0.2, 0.25) is 0 Å². The van der Waals surface area contributed by atoms with Crippen molar-refractivity contribution in [1.29, 1.82) is 0 Å². The van der Waals surface area contributed by atoms with Gasteiger partial charge in [0.25, 0.3) is 5.91 Å². The Morgan fingerprint density at radius 3 is 2.17 bits per heavy atom. The normalized spacial score (nSPS) is 15.3. The number of benzene rings is 1. The third-order valence-electron chi connectivity index (χ3n) is 6.17. The van der Waals surface area contributed by atoms with Gasteiger partial charge in [0.15, 0.2) is 11.6 Å². The third-order valence-corrected chi connectivity index (χ3v) is 7.38. The van der Waals surface area contributed by atoms with E-state index in [9.17, 15) is 39.6 Å². The van der Waals surface area contributed by atoms with Gasteiger partial charge in [-0.1, -0.05) is 0 Å². The minimum atomic E-state index is -5.17. The van der Waals surface area contributed by atoms with Crippen LogP contribution in [0, 0.1) is 0 Å². The Morgan fingerprint density at radius 2 is 1.63 bits per heavy atom. The van der Waals surface area contributed by atoms with Crippen LogP contribution in [0.25, 0.3) is 11.1 Å². The van der Waals surface area contributed by atoms with Crippen LogP contribution in [0.1, 0.15) is 17.3 Å². The molecule has 0 radical (unpaired) electrons. The SMILES string of the molecule is COc1cc(Nc2ncc(-c3cnc(OC)c(C(=O)NS(=O)(=O)CC(F)(F)F)c3)c(N3NC(C(F)(F)F)C=C3C)n2)cc(OC)c1. The molecule has 2 aromatic heterocycles. The number of alkyl halides is 6. The highest BCUT2D eigenvalue weighted by Crippen LogP contribution is 2.37. The first-order chi connectivity index (χ1) is 21.4. The fourth-order valence-corrected chi connectivity index (χ4v) is 5.07. The number of nitrogens with zero attached hydrogens (tertiary/aromatic N) is 4. The molecular weight excluding hydrogens is 652 g/mol. The molecule has 1 aliphatic rings. The van der Waals surface area contributed by atoms with Gasteiger partial charge in [0, 0.05) is 53.1 Å². The number of carbonyl (C=O) groups excluding carboxylic acids is 1. The van der Waals surface area contributed by atoms with E-state index in [1.54, 1.807) is 18.2 Å². The molecule has 3 heterocycles. The van der Waals surface area contributed by atoms with Gasteiger partial charge >= 0.3 is 12.4 Å². The van der Waals surface area contributed by atoms with Gasteiger partial charge in [-0.05, 0) is 19.1 Å². The summed E-state index contributed by atoms with van der Waals surface area (Å²) in [6, 6.07) is 3.66. The molecule has 1 aliphatic heterocycles. The van der Waals surface area contributed by atoms with E-state index in [0.29, 0.717) is 17.2 Å². The summed E-state index contributed by atoms with van der Waals surface area (Å²) in [6.45, 7) is 1.38. The minimum Gasteiger partial charge on any atom is -0.497 e. The van der Waals surface area contributed by atoms with Gasteiger partial charge in [-0.15, -0.1) is 0 Å². The molecule has 3 N–H and O–H groups in total. The van der Waals surface area contributed by atoms with Crippen molar-refractivity contribution in [2.75, 3.05) is 37.4 Å².